The molecule has 0 radical (unpaired) electrons. The van der Waals surface area contributed by atoms with Crippen LogP contribution in [-0.2, 0) is 6.61 Å². The van der Waals surface area contributed by atoms with E-state index < -0.39 is 5.63 Å². The van der Waals surface area contributed by atoms with E-state index in [2.05, 4.69) is 9.97 Å². The van der Waals surface area contributed by atoms with Crippen LogP contribution in [0.1, 0.15) is 5.69 Å². The summed E-state index contributed by atoms with van der Waals surface area (Å²) in [5.74, 6) is 0.619. The van der Waals surface area contributed by atoms with Crippen LogP contribution >= 0.6 is 0 Å². The van der Waals surface area contributed by atoms with Crippen LogP contribution in [0.5, 0.6) is 5.75 Å². The van der Waals surface area contributed by atoms with E-state index in [1.165, 1.54) is 6.07 Å². The zero-order chi connectivity index (χ0) is 17.1. The number of rotatable bonds is 4. The first-order chi connectivity index (χ1) is 12.3. The lowest BCUT2D eigenvalue weighted by Crippen LogP contribution is -2.00. The van der Waals surface area contributed by atoms with Crippen molar-refractivity contribution < 1.29 is 9.15 Å². The summed E-state index contributed by atoms with van der Waals surface area (Å²) in [5.41, 5.74) is 2.63. The van der Waals surface area contributed by atoms with Gasteiger partial charge in [-0.2, -0.15) is 0 Å². The SMILES string of the molecule is O=c1cc(-c2ccncc2)c2ccc(OCc3ccccn3)cc2o1. The predicted octanol–water partition coefficient (Wildman–Crippen LogP) is 3.83. The van der Waals surface area contributed by atoms with Crippen LogP contribution in [-0.4, -0.2) is 9.97 Å². The summed E-state index contributed by atoms with van der Waals surface area (Å²) in [6.07, 6.45) is 5.11. The van der Waals surface area contributed by atoms with Gasteiger partial charge in [0, 0.05) is 36.1 Å². The molecule has 0 aliphatic heterocycles. The lowest BCUT2D eigenvalue weighted by atomic mass is 10.0. The monoisotopic (exact) mass is 330 g/mol. The number of hydrogen-bond donors (Lipinski definition) is 0. The number of benzene rings is 1. The van der Waals surface area contributed by atoms with Gasteiger partial charge >= 0.3 is 5.63 Å². The summed E-state index contributed by atoms with van der Waals surface area (Å²) in [6, 6.07) is 16.3. The topological polar surface area (TPSA) is 65.2 Å². The van der Waals surface area contributed by atoms with Gasteiger partial charge in [0.05, 0.1) is 5.69 Å². The molecule has 0 fully saturated rings. The van der Waals surface area contributed by atoms with Crippen molar-refractivity contribution in [2.45, 2.75) is 6.61 Å². The molecule has 4 aromatic rings. The molecule has 0 aliphatic rings. The van der Waals surface area contributed by atoms with Crippen LogP contribution in [0.15, 0.2) is 82.4 Å². The Balaban J connectivity index is 1.70. The smallest absolute Gasteiger partial charge is 0.336 e. The van der Waals surface area contributed by atoms with Gasteiger partial charge in [-0.25, -0.2) is 4.79 Å². The minimum atomic E-state index is -0.402. The Labute approximate surface area is 143 Å². The van der Waals surface area contributed by atoms with Crippen molar-refractivity contribution in [1.29, 1.82) is 0 Å². The van der Waals surface area contributed by atoms with Crippen LogP contribution in [0.2, 0.25) is 0 Å². The molecule has 0 saturated heterocycles. The Morgan fingerprint density at radius 1 is 0.960 bits per heavy atom. The van der Waals surface area contributed by atoms with E-state index in [-0.39, 0.29) is 0 Å². The Morgan fingerprint density at radius 3 is 2.64 bits per heavy atom. The number of ether oxygens (including phenoxy) is 1. The molecule has 0 aliphatic carbocycles. The molecule has 0 amide bonds. The molecule has 0 saturated carbocycles. The molecule has 0 bridgehead atoms. The minimum absolute atomic E-state index is 0.348. The lowest BCUT2D eigenvalue weighted by molar-refractivity contribution is 0.301. The van der Waals surface area contributed by atoms with Gasteiger partial charge in [0.2, 0.25) is 0 Å². The van der Waals surface area contributed by atoms with Gasteiger partial charge in [0.15, 0.2) is 0 Å². The Kier molecular flexibility index (Phi) is 3.96. The van der Waals surface area contributed by atoms with Gasteiger partial charge in [-0.3, -0.25) is 9.97 Å². The van der Waals surface area contributed by atoms with Crippen molar-refractivity contribution in [3.63, 3.8) is 0 Å². The molecule has 0 unspecified atom stereocenters. The van der Waals surface area contributed by atoms with E-state index in [0.717, 1.165) is 22.2 Å². The van der Waals surface area contributed by atoms with Gasteiger partial charge in [-0.15, -0.1) is 0 Å². The van der Waals surface area contributed by atoms with Gasteiger partial charge in [-0.05, 0) is 47.5 Å². The zero-order valence-corrected chi connectivity index (χ0v) is 13.3. The van der Waals surface area contributed by atoms with Crippen LogP contribution in [0, 0.1) is 0 Å². The Bertz CT molecular complexity index is 1060. The molecule has 0 spiro atoms. The molecule has 5 nitrogen and oxygen atoms in total. The Morgan fingerprint density at radius 2 is 1.84 bits per heavy atom. The largest absolute Gasteiger partial charge is 0.487 e. The fourth-order valence-corrected chi connectivity index (χ4v) is 2.64. The van der Waals surface area contributed by atoms with E-state index >= 15 is 0 Å². The highest BCUT2D eigenvalue weighted by molar-refractivity contribution is 5.93. The molecule has 25 heavy (non-hydrogen) atoms. The van der Waals surface area contributed by atoms with Crippen molar-refractivity contribution in [3.05, 3.63) is 89.3 Å². The zero-order valence-electron chi connectivity index (χ0n) is 13.3. The molecule has 0 N–H and O–H groups in total. The first-order valence-electron chi connectivity index (χ1n) is 7.81. The molecule has 1 aromatic carbocycles. The van der Waals surface area contributed by atoms with Gasteiger partial charge in [0.25, 0.3) is 0 Å². The maximum Gasteiger partial charge on any atom is 0.336 e. The number of hydrogen-bond acceptors (Lipinski definition) is 5. The third kappa shape index (κ3) is 3.26. The highest BCUT2D eigenvalue weighted by Gasteiger charge is 2.09. The second-order valence-corrected chi connectivity index (χ2v) is 5.48. The molecule has 3 heterocycles. The quantitative estimate of drug-likeness (QED) is 0.532. The van der Waals surface area contributed by atoms with E-state index in [1.54, 1.807) is 24.7 Å². The number of fused-ring (bicyclic) bond motifs is 1. The summed E-state index contributed by atoms with van der Waals surface area (Å²) in [4.78, 5) is 20.2. The van der Waals surface area contributed by atoms with Crippen molar-refractivity contribution in [3.8, 4) is 16.9 Å². The standard InChI is InChI=1S/C20H14N2O3/c23-20-12-18(14-6-9-21-10-7-14)17-5-4-16(11-19(17)25-20)24-13-15-3-1-2-8-22-15/h1-12H,13H2. The molecular weight excluding hydrogens is 316 g/mol. The second kappa shape index (κ2) is 6.57. The van der Waals surface area contributed by atoms with E-state index in [9.17, 15) is 4.79 Å². The van der Waals surface area contributed by atoms with Crippen LogP contribution < -0.4 is 10.4 Å². The van der Waals surface area contributed by atoms with Crippen molar-refractivity contribution in [2.24, 2.45) is 0 Å². The predicted molar refractivity (Wildman–Crippen MR) is 94.3 cm³/mol. The van der Waals surface area contributed by atoms with Crippen LogP contribution in [0.25, 0.3) is 22.1 Å². The summed E-state index contributed by atoms with van der Waals surface area (Å²) in [6.45, 7) is 0.348. The highest BCUT2D eigenvalue weighted by atomic mass is 16.5. The first kappa shape index (κ1) is 15.1. The normalized spacial score (nSPS) is 10.7. The average molecular weight is 330 g/mol. The van der Waals surface area contributed by atoms with Crippen molar-refractivity contribution >= 4 is 11.0 Å². The third-order valence-electron chi connectivity index (χ3n) is 3.82. The summed E-state index contributed by atoms with van der Waals surface area (Å²) < 4.78 is 11.1. The minimum Gasteiger partial charge on any atom is -0.487 e. The fraction of sp³-hybridized carbons (Fsp3) is 0.0500. The molecule has 5 heteroatoms. The average Bonchev–Trinajstić information content (AvgIpc) is 2.67. The molecule has 3 aromatic heterocycles. The van der Waals surface area contributed by atoms with Crippen LogP contribution in [0.4, 0.5) is 0 Å². The first-order valence-corrected chi connectivity index (χ1v) is 7.81. The van der Waals surface area contributed by atoms with Crippen molar-refractivity contribution in [2.75, 3.05) is 0 Å². The number of nitrogens with zero attached hydrogens (tertiary/aromatic N) is 2. The summed E-state index contributed by atoms with van der Waals surface area (Å²) in [7, 11) is 0. The maximum absolute atomic E-state index is 11.9. The van der Waals surface area contributed by atoms with Gasteiger partial charge in [0.1, 0.15) is 17.9 Å². The number of pyridine rings is 2. The highest BCUT2D eigenvalue weighted by Crippen LogP contribution is 2.29. The fourth-order valence-electron chi connectivity index (χ4n) is 2.64. The number of aromatic nitrogens is 2. The summed E-state index contributed by atoms with van der Waals surface area (Å²) >= 11 is 0. The molecule has 4 rings (SSSR count). The van der Waals surface area contributed by atoms with E-state index in [4.69, 9.17) is 9.15 Å². The maximum atomic E-state index is 11.9. The van der Waals surface area contributed by atoms with Gasteiger partial charge < -0.3 is 9.15 Å². The lowest BCUT2D eigenvalue weighted by Gasteiger charge is -2.09. The molecular formula is C20H14N2O3. The van der Waals surface area contributed by atoms with Crippen LogP contribution in [0.3, 0.4) is 0 Å². The third-order valence-corrected chi connectivity index (χ3v) is 3.82. The van der Waals surface area contributed by atoms with Crippen molar-refractivity contribution in [1.82, 2.24) is 9.97 Å². The second-order valence-electron chi connectivity index (χ2n) is 5.48. The molecule has 122 valence electrons. The molecule has 0 atom stereocenters. The Hall–Kier alpha value is -3.47. The van der Waals surface area contributed by atoms with E-state index in [1.807, 2.05) is 42.5 Å². The summed E-state index contributed by atoms with van der Waals surface area (Å²) in [5, 5.41) is 0.844. The van der Waals surface area contributed by atoms with E-state index in [0.29, 0.717) is 17.9 Å². The van der Waals surface area contributed by atoms with Gasteiger partial charge in [-0.1, -0.05) is 6.07 Å².